The average Bonchev–Trinajstić information content (AvgIpc) is 2.46. The number of carbonyl (C=O) groups is 1. The van der Waals surface area contributed by atoms with Gasteiger partial charge in [-0.3, -0.25) is 0 Å². The molecule has 0 atom stereocenters. The van der Waals surface area contributed by atoms with Crippen LogP contribution in [0.5, 0.6) is 0 Å². The summed E-state index contributed by atoms with van der Waals surface area (Å²) in [4.78, 5) is 15.6. The van der Waals surface area contributed by atoms with Crippen molar-refractivity contribution in [1.82, 2.24) is 4.98 Å². The molecule has 0 radical (unpaired) electrons. The van der Waals surface area contributed by atoms with E-state index >= 15 is 0 Å². The van der Waals surface area contributed by atoms with Crippen LogP contribution in [0.15, 0.2) is 48.5 Å². The highest BCUT2D eigenvalue weighted by Gasteiger charge is 2.15. The fourth-order valence-corrected chi connectivity index (χ4v) is 2.18. The van der Waals surface area contributed by atoms with E-state index in [9.17, 15) is 18.7 Å². The van der Waals surface area contributed by atoms with Crippen molar-refractivity contribution < 1.29 is 18.7 Å². The van der Waals surface area contributed by atoms with Gasteiger partial charge in [-0.05, 0) is 36.4 Å². The van der Waals surface area contributed by atoms with Gasteiger partial charge in [0.2, 0.25) is 0 Å². The highest BCUT2D eigenvalue weighted by molar-refractivity contribution is 6.03. The summed E-state index contributed by atoms with van der Waals surface area (Å²) in [6.45, 7) is 0. The van der Waals surface area contributed by atoms with Crippen LogP contribution < -0.4 is 0 Å². The number of rotatable bonds is 2. The number of pyridine rings is 1. The van der Waals surface area contributed by atoms with Gasteiger partial charge in [0, 0.05) is 10.9 Å². The number of hydrogen-bond acceptors (Lipinski definition) is 2. The first-order chi connectivity index (χ1) is 10.1. The Bertz CT molecular complexity index is 862. The van der Waals surface area contributed by atoms with Crippen LogP contribution in [0.2, 0.25) is 0 Å². The van der Waals surface area contributed by atoms with E-state index in [2.05, 4.69) is 4.98 Å². The number of carboxylic acid groups (broad SMARTS) is 1. The van der Waals surface area contributed by atoms with Crippen molar-refractivity contribution in [2.24, 2.45) is 0 Å². The van der Waals surface area contributed by atoms with Crippen molar-refractivity contribution in [2.75, 3.05) is 0 Å². The van der Waals surface area contributed by atoms with Crippen LogP contribution in [0.3, 0.4) is 0 Å². The van der Waals surface area contributed by atoms with Gasteiger partial charge in [-0.15, -0.1) is 0 Å². The van der Waals surface area contributed by atoms with Gasteiger partial charge in [0.25, 0.3) is 0 Å². The van der Waals surface area contributed by atoms with E-state index in [1.165, 1.54) is 36.4 Å². The van der Waals surface area contributed by atoms with E-state index < -0.39 is 17.6 Å². The number of halogens is 2. The molecule has 2 aromatic carbocycles. The van der Waals surface area contributed by atoms with Gasteiger partial charge in [0.1, 0.15) is 11.6 Å². The zero-order valence-corrected chi connectivity index (χ0v) is 10.7. The molecule has 0 spiro atoms. The maximum absolute atomic E-state index is 13.8. The van der Waals surface area contributed by atoms with E-state index in [1.54, 1.807) is 6.07 Å². The Morgan fingerprint density at radius 2 is 1.81 bits per heavy atom. The summed E-state index contributed by atoms with van der Waals surface area (Å²) in [6.07, 6.45) is 0. The van der Waals surface area contributed by atoms with Crippen LogP contribution in [0.1, 0.15) is 10.4 Å². The number of aromatic carboxylic acids is 1. The molecule has 3 aromatic rings. The summed E-state index contributed by atoms with van der Waals surface area (Å²) in [5.74, 6) is -2.26. The van der Waals surface area contributed by atoms with E-state index in [0.717, 1.165) is 6.07 Å². The fourth-order valence-electron chi connectivity index (χ4n) is 2.18. The minimum atomic E-state index is -1.22. The molecule has 0 fully saturated rings. The first kappa shape index (κ1) is 13.2. The van der Waals surface area contributed by atoms with Crippen LogP contribution >= 0.6 is 0 Å². The number of benzene rings is 2. The van der Waals surface area contributed by atoms with Crippen LogP contribution in [0, 0.1) is 11.6 Å². The van der Waals surface area contributed by atoms with Gasteiger partial charge in [-0.2, -0.15) is 0 Å². The molecule has 1 aromatic heterocycles. The van der Waals surface area contributed by atoms with Gasteiger partial charge < -0.3 is 5.11 Å². The first-order valence-corrected chi connectivity index (χ1v) is 6.15. The molecule has 0 bridgehead atoms. The van der Waals surface area contributed by atoms with Crippen molar-refractivity contribution in [3.05, 3.63) is 65.7 Å². The summed E-state index contributed by atoms with van der Waals surface area (Å²) in [7, 11) is 0. The number of hydrogen-bond donors (Lipinski definition) is 1. The second kappa shape index (κ2) is 4.94. The smallest absolute Gasteiger partial charge is 0.336 e. The molecule has 0 aliphatic rings. The summed E-state index contributed by atoms with van der Waals surface area (Å²) in [5, 5.41) is 9.45. The molecule has 1 heterocycles. The van der Waals surface area contributed by atoms with Crippen molar-refractivity contribution in [3.63, 3.8) is 0 Å². The lowest BCUT2D eigenvalue weighted by Crippen LogP contribution is -2.01. The fraction of sp³-hybridized carbons (Fsp3) is 0. The largest absolute Gasteiger partial charge is 0.478 e. The molecule has 0 aliphatic heterocycles. The van der Waals surface area contributed by atoms with E-state index in [-0.39, 0.29) is 22.2 Å². The third-order valence-electron chi connectivity index (χ3n) is 3.15. The first-order valence-electron chi connectivity index (χ1n) is 6.15. The second-order valence-corrected chi connectivity index (χ2v) is 4.50. The van der Waals surface area contributed by atoms with E-state index in [1.807, 2.05) is 0 Å². The van der Waals surface area contributed by atoms with Gasteiger partial charge >= 0.3 is 5.97 Å². The van der Waals surface area contributed by atoms with Gasteiger partial charge in [0.15, 0.2) is 0 Å². The van der Waals surface area contributed by atoms with Crippen LogP contribution in [0.4, 0.5) is 8.78 Å². The third kappa shape index (κ3) is 2.33. The highest BCUT2D eigenvalue weighted by Crippen LogP contribution is 2.27. The normalized spacial score (nSPS) is 10.8. The van der Waals surface area contributed by atoms with E-state index in [4.69, 9.17) is 0 Å². The summed E-state index contributed by atoms with van der Waals surface area (Å²) < 4.78 is 27.1. The van der Waals surface area contributed by atoms with Crippen LogP contribution in [0.25, 0.3) is 22.2 Å². The predicted octanol–water partition coefficient (Wildman–Crippen LogP) is 3.88. The molecule has 0 saturated heterocycles. The maximum atomic E-state index is 13.8. The predicted molar refractivity (Wildman–Crippen MR) is 74.1 cm³/mol. The SMILES string of the molecule is O=C(O)c1cc(-c2ccccc2F)nc2ccc(F)cc12. The molecule has 0 unspecified atom stereocenters. The lowest BCUT2D eigenvalue weighted by Gasteiger charge is -2.08. The Morgan fingerprint density at radius 1 is 1.05 bits per heavy atom. The lowest BCUT2D eigenvalue weighted by atomic mass is 10.0. The maximum Gasteiger partial charge on any atom is 0.336 e. The van der Waals surface area contributed by atoms with Gasteiger partial charge in [0.05, 0.1) is 16.8 Å². The molecule has 3 rings (SSSR count). The minimum absolute atomic E-state index is 0.113. The Balaban J connectivity index is 2.34. The van der Waals surface area contributed by atoms with Crippen molar-refractivity contribution >= 4 is 16.9 Å². The zero-order chi connectivity index (χ0) is 15.0. The molecule has 21 heavy (non-hydrogen) atoms. The number of fused-ring (bicyclic) bond motifs is 1. The molecule has 0 amide bonds. The van der Waals surface area contributed by atoms with Gasteiger partial charge in [-0.25, -0.2) is 18.6 Å². The summed E-state index contributed by atoms with van der Waals surface area (Å²) >= 11 is 0. The average molecular weight is 285 g/mol. The standard InChI is InChI=1S/C16H9F2NO2/c17-9-5-6-14-11(7-9)12(16(20)21)8-15(19-14)10-3-1-2-4-13(10)18/h1-8H,(H,20,21). The zero-order valence-electron chi connectivity index (χ0n) is 10.7. The van der Waals surface area contributed by atoms with Crippen LogP contribution in [-0.2, 0) is 0 Å². The van der Waals surface area contributed by atoms with Crippen LogP contribution in [-0.4, -0.2) is 16.1 Å². The van der Waals surface area contributed by atoms with Crippen molar-refractivity contribution in [3.8, 4) is 11.3 Å². The lowest BCUT2D eigenvalue weighted by molar-refractivity contribution is 0.0699. The Hall–Kier alpha value is -2.82. The number of carboxylic acids is 1. The van der Waals surface area contributed by atoms with Crippen molar-refractivity contribution in [2.45, 2.75) is 0 Å². The molecule has 104 valence electrons. The number of aromatic nitrogens is 1. The van der Waals surface area contributed by atoms with Gasteiger partial charge in [-0.1, -0.05) is 12.1 Å². The monoisotopic (exact) mass is 285 g/mol. The quantitative estimate of drug-likeness (QED) is 0.777. The van der Waals surface area contributed by atoms with Crippen molar-refractivity contribution in [1.29, 1.82) is 0 Å². The Kier molecular flexibility index (Phi) is 3.10. The number of nitrogens with zero attached hydrogens (tertiary/aromatic N) is 1. The Morgan fingerprint density at radius 3 is 2.52 bits per heavy atom. The summed E-state index contributed by atoms with van der Waals surface area (Å²) in [6, 6.07) is 10.9. The minimum Gasteiger partial charge on any atom is -0.478 e. The molecule has 0 saturated carbocycles. The summed E-state index contributed by atoms with van der Waals surface area (Å²) in [5.41, 5.74) is 0.586. The van der Waals surface area contributed by atoms with E-state index in [0.29, 0.717) is 5.52 Å². The topological polar surface area (TPSA) is 50.2 Å². The third-order valence-corrected chi connectivity index (χ3v) is 3.15. The Labute approximate surface area is 118 Å². The molecule has 0 aliphatic carbocycles. The highest BCUT2D eigenvalue weighted by atomic mass is 19.1. The molecule has 3 nitrogen and oxygen atoms in total. The second-order valence-electron chi connectivity index (χ2n) is 4.50. The molecular weight excluding hydrogens is 276 g/mol. The molecule has 1 N–H and O–H groups in total. The molecule has 5 heteroatoms. The molecular formula is C16H9F2NO2.